The molecule has 0 aromatic carbocycles. The number of hydrogen-bond donors (Lipinski definition) is 1. The van der Waals surface area contributed by atoms with E-state index in [1.807, 2.05) is 4.57 Å². The lowest BCUT2D eigenvalue weighted by Crippen LogP contribution is -2.12. The van der Waals surface area contributed by atoms with Gasteiger partial charge in [-0.05, 0) is 31.2 Å². The van der Waals surface area contributed by atoms with E-state index in [9.17, 15) is 4.79 Å². The Kier molecular flexibility index (Phi) is 5.75. The van der Waals surface area contributed by atoms with E-state index in [0.29, 0.717) is 23.9 Å². The zero-order chi connectivity index (χ0) is 13.5. The Bertz CT molecular complexity index is 383. The van der Waals surface area contributed by atoms with Gasteiger partial charge in [-0.1, -0.05) is 20.8 Å². The summed E-state index contributed by atoms with van der Waals surface area (Å²) in [5.74, 6) is 0.368. The summed E-state index contributed by atoms with van der Waals surface area (Å²) in [6.45, 7) is 7.65. The fourth-order valence-corrected chi connectivity index (χ4v) is 1.86. The van der Waals surface area contributed by atoms with E-state index in [1.165, 1.54) is 0 Å². The summed E-state index contributed by atoms with van der Waals surface area (Å²) in [4.78, 5) is 11.9. The molecular weight excluding hydrogens is 228 g/mol. The molecule has 102 valence electrons. The predicted molar refractivity (Wildman–Crippen MR) is 73.5 cm³/mol. The average Bonchev–Trinajstić information content (AvgIpc) is 2.66. The van der Waals surface area contributed by atoms with Crippen LogP contribution in [-0.4, -0.2) is 17.1 Å². The second-order valence-electron chi connectivity index (χ2n) is 5.02. The molecule has 2 N–H and O–H groups in total. The van der Waals surface area contributed by atoms with Gasteiger partial charge in [0.1, 0.15) is 5.69 Å². The number of nitrogen functional groups attached to an aromatic ring is 1. The monoisotopic (exact) mass is 252 g/mol. The zero-order valence-electron chi connectivity index (χ0n) is 11.6. The van der Waals surface area contributed by atoms with E-state index >= 15 is 0 Å². The van der Waals surface area contributed by atoms with E-state index in [1.54, 1.807) is 12.3 Å². The van der Waals surface area contributed by atoms with Crippen molar-refractivity contribution in [2.45, 2.75) is 46.6 Å². The first-order valence-electron chi connectivity index (χ1n) is 6.67. The van der Waals surface area contributed by atoms with Crippen LogP contribution in [0.3, 0.4) is 0 Å². The maximum Gasteiger partial charge on any atom is 0.355 e. The van der Waals surface area contributed by atoms with Gasteiger partial charge in [-0.2, -0.15) is 0 Å². The molecule has 0 radical (unpaired) electrons. The fourth-order valence-electron chi connectivity index (χ4n) is 1.86. The molecule has 0 aliphatic rings. The third-order valence-corrected chi connectivity index (χ3v) is 2.75. The van der Waals surface area contributed by atoms with Gasteiger partial charge < -0.3 is 15.0 Å². The second kappa shape index (κ2) is 7.09. The minimum absolute atomic E-state index is 0.274. The van der Waals surface area contributed by atoms with E-state index < -0.39 is 0 Å². The van der Waals surface area contributed by atoms with Crippen LogP contribution in [0.1, 0.15) is 50.5 Å². The lowest BCUT2D eigenvalue weighted by atomic mass is 10.1. The third-order valence-electron chi connectivity index (χ3n) is 2.75. The Morgan fingerprint density at radius 1 is 1.50 bits per heavy atom. The highest BCUT2D eigenvalue weighted by Gasteiger charge is 2.13. The van der Waals surface area contributed by atoms with E-state index in [-0.39, 0.29) is 5.97 Å². The summed E-state index contributed by atoms with van der Waals surface area (Å²) in [7, 11) is 0. The number of carbonyl (C=O) groups is 1. The van der Waals surface area contributed by atoms with E-state index in [0.717, 1.165) is 25.8 Å². The van der Waals surface area contributed by atoms with Crippen molar-refractivity contribution in [2.24, 2.45) is 5.92 Å². The molecule has 0 amide bonds. The minimum Gasteiger partial charge on any atom is -0.461 e. The average molecular weight is 252 g/mol. The number of nitrogens with zero attached hydrogens (tertiary/aromatic N) is 1. The molecule has 0 saturated carbocycles. The maximum atomic E-state index is 11.9. The molecule has 0 atom stereocenters. The zero-order valence-corrected chi connectivity index (χ0v) is 11.6. The Morgan fingerprint density at radius 3 is 2.83 bits per heavy atom. The molecule has 0 bridgehead atoms. The van der Waals surface area contributed by atoms with Crippen molar-refractivity contribution in [3.8, 4) is 0 Å². The number of hydrogen-bond acceptors (Lipinski definition) is 3. The maximum absolute atomic E-state index is 11.9. The van der Waals surface area contributed by atoms with Gasteiger partial charge in [0.2, 0.25) is 0 Å². The Morgan fingerprint density at radius 2 is 2.22 bits per heavy atom. The van der Waals surface area contributed by atoms with Gasteiger partial charge in [-0.15, -0.1) is 0 Å². The van der Waals surface area contributed by atoms with Crippen molar-refractivity contribution in [1.82, 2.24) is 4.57 Å². The van der Waals surface area contributed by atoms with Gasteiger partial charge >= 0.3 is 5.97 Å². The summed E-state index contributed by atoms with van der Waals surface area (Å²) in [5.41, 5.74) is 6.88. The van der Waals surface area contributed by atoms with Crippen LogP contribution in [0.25, 0.3) is 0 Å². The number of nitrogens with two attached hydrogens (primary N) is 1. The van der Waals surface area contributed by atoms with Crippen molar-refractivity contribution >= 4 is 11.7 Å². The molecule has 1 aromatic rings. The van der Waals surface area contributed by atoms with Crippen LogP contribution < -0.4 is 5.73 Å². The highest BCUT2D eigenvalue weighted by molar-refractivity contribution is 5.89. The smallest absolute Gasteiger partial charge is 0.355 e. The van der Waals surface area contributed by atoms with Gasteiger partial charge in [0.05, 0.1) is 12.3 Å². The van der Waals surface area contributed by atoms with Crippen molar-refractivity contribution in [3.63, 3.8) is 0 Å². The third kappa shape index (κ3) is 4.43. The SMILES string of the molecule is CCCn1cc(N)cc1C(=O)OCCCC(C)C. The number of aryl methyl sites for hydroxylation is 1. The van der Waals surface area contributed by atoms with Crippen molar-refractivity contribution in [1.29, 1.82) is 0 Å². The summed E-state index contributed by atoms with van der Waals surface area (Å²) in [5, 5.41) is 0. The van der Waals surface area contributed by atoms with E-state index in [2.05, 4.69) is 20.8 Å². The first kappa shape index (κ1) is 14.6. The van der Waals surface area contributed by atoms with Gasteiger partial charge in [-0.3, -0.25) is 0 Å². The lowest BCUT2D eigenvalue weighted by molar-refractivity contribution is 0.0482. The molecule has 4 heteroatoms. The van der Waals surface area contributed by atoms with Gasteiger partial charge in [-0.25, -0.2) is 4.79 Å². The van der Waals surface area contributed by atoms with Crippen LogP contribution in [0.2, 0.25) is 0 Å². The molecule has 1 rings (SSSR count). The molecule has 4 nitrogen and oxygen atoms in total. The molecule has 0 aliphatic heterocycles. The molecule has 0 fully saturated rings. The fraction of sp³-hybridized carbons (Fsp3) is 0.643. The van der Waals surface area contributed by atoms with Crippen LogP contribution in [0.5, 0.6) is 0 Å². The number of aromatic nitrogens is 1. The normalized spacial score (nSPS) is 10.9. The molecular formula is C14H24N2O2. The predicted octanol–water partition coefficient (Wildman–Crippen LogP) is 3.07. The Hall–Kier alpha value is -1.45. The number of anilines is 1. The van der Waals surface area contributed by atoms with Crippen molar-refractivity contribution in [2.75, 3.05) is 12.3 Å². The summed E-state index contributed by atoms with van der Waals surface area (Å²) in [6, 6.07) is 1.68. The van der Waals surface area contributed by atoms with Gasteiger partial charge in [0.15, 0.2) is 0 Å². The van der Waals surface area contributed by atoms with E-state index in [4.69, 9.17) is 10.5 Å². The Labute approximate surface area is 109 Å². The molecule has 18 heavy (non-hydrogen) atoms. The molecule has 0 unspecified atom stereocenters. The van der Waals surface area contributed by atoms with Crippen LogP contribution >= 0.6 is 0 Å². The van der Waals surface area contributed by atoms with Gasteiger partial charge in [0.25, 0.3) is 0 Å². The quantitative estimate of drug-likeness (QED) is 0.599. The van der Waals surface area contributed by atoms with Gasteiger partial charge in [0, 0.05) is 12.7 Å². The Balaban J connectivity index is 2.50. The van der Waals surface area contributed by atoms with Crippen LogP contribution in [-0.2, 0) is 11.3 Å². The molecule has 0 spiro atoms. The number of rotatable bonds is 7. The first-order chi connectivity index (χ1) is 8.54. The van der Waals surface area contributed by atoms with Crippen molar-refractivity contribution < 1.29 is 9.53 Å². The summed E-state index contributed by atoms with van der Waals surface area (Å²) < 4.78 is 7.12. The van der Waals surface area contributed by atoms with Crippen molar-refractivity contribution in [3.05, 3.63) is 18.0 Å². The second-order valence-corrected chi connectivity index (χ2v) is 5.02. The van der Waals surface area contributed by atoms with Crippen LogP contribution in [0.4, 0.5) is 5.69 Å². The topological polar surface area (TPSA) is 57.2 Å². The molecule has 0 aliphatic carbocycles. The minimum atomic E-state index is -0.274. The largest absolute Gasteiger partial charge is 0.461 e. The lowest BCUT2D eigenvalue weighted by Gasteiger charge is -2.08. The highest BCUT2D eigenvalue weighted by atomic mass is 16.5. The number of esters is 1. The van der Waals surface area contributed by atoms with Crippen LogP contribution in [0.15, 0.2) is 12.3 Å². The standard InChI is InChI=1S/C14H24N2O2/c1-4-7-16-10-12(15)9-13(16)14(17)18-8-5-6-11(2)3/h9-11H,4-8,15H2,1-3H3. The molecule has 0 saturated heterocycles. The summed E-state index contributed by atoms with van der Waals surface area (Å²) in [6.07, 6.45) is 4.73. The molecule has 1 heterocycles. The van der Waals surface area contributed by atoms with Crippen LogP contribution in [0, 0.1) is 5.92 Å². The summed E-state index contributed by atoms with van der Waals surface area (Å²) >= 11 is 0. The molecule has 1 aromatic heterocycles. The highest BCUT2D eigenvalue weighted by Crippen LogP contribution is 2.13. The number of carbonyl (C=O) groups excluding carboxylic acids is 1. The number of ether oxygens (including phenoxy) is 1. The first-order valence-corrected chi connectivity index (χ1v) is 6.67.